The fourth-order valence-electron chi connectivity index (χ4n) is 1.28. The third-order valence-electron chi connectivity index (χ3n) is 2.44. The van der Waals surface area contributed by atoms with E-state index in [-0.39, 0.29) is 11.3 Å². The SMILES string of the molecule is CC(=N[S@](=O)C(C)(C)C)c1cccc(S(F)(F)(F)(F)F)c1. The molecule has 0 bridgehead atoms. The Morgan fingerprint density at radius 1 is 1.14 bits per heavy atom. The largest absolute Gasteiger partial charge is 0.310 e. The molecule has 0 saturated heterocycles. The molecule has 1 atom stereocenters. The molecular formula is C12H16F5NOS2. The first kappa shape index (κ1) is 18.1. The Kier molecular flexibility index (Phi) is 3.89. The molecule has 21 heavy (non-hydrogen) atoms. The quantitative estimate of drug-likeness (QED) is 0.515. The van der Waals surface area contributed by atoms with Crippen LogP contribution in [-0.4, -0.2) is 14.7 Å². The number of hydrogen-bond acceptors (Lipinski definition) is 1. The summed E-state index contributed by atoms with van der Waals surface area (Å²) in [5.41, 5.74) is -0.134. The minimum atomic E-state index is -9.73. The first-order valence-corrected chi connectivity index (χ1v) is 8.88. The molecule has 0 fully saturated rings. The van der Waals surface area contributed by atoms with Gasteiger partial charge in [0.1, 0.15) is 15.9 Å². The summed E-state index contributed by atoms with van der Waals surface area (Å²) < 4.78 is 78.6. The standard InChI is InChI=1S/C12H16F5NOS2/c1-9(18-20(19)12(2,3)4)10-6-5-7-11(8-10)21(13,14,15,16)17/h5-8H,1-4H3/t20-/m1/s1. The maximum Gasteiger partial charge on any atom is 0.310 e. The summed E-state index contributed by atoms with van der Waals surface area (Å²) in [5.74, 6) is 0. The van der Waals surface area contributed by atoms with Gasteiger partial charge in [0, 0.05) is 0 Å². The van der Waals surface area contributed by atoms with Crippen molar-refractivity contribution in [2.24, 2.45) is 4.40 Å². The molecule has 0 aliphatic heterocycles. The molecule has 0 radical (unpaired) electrons. The predicted molar refractivity (Wildman–Crippen MR) is 77.9 cm³/mol. The van der Waals surface area contributed by atoms with E-state index >= 15 is 0 Å². The zero-order valence-electron chi connectivity index (χ0n) is 11.9. The van der Waals surface area contributed by atoms with E-state index in [2.05, 4.69) is 4.40 Å². The molecule has 1 rings (SSSR count). The van der Waals surface area contributed by atoms with Crippen LogP contribution in [0, 0.1) is 0 Å². The van der Waals surface area contributed by atoms with E-state index in [1.807, 2.05) is 0 Å². The van der Waals surface area contributed by atoms with Gasteiger partial charge in [0.05, 0.1) is 10.5 Å². The van der Waals surface area contributed by atoms with Crippen LogP contribution >= 0.6 is 10.2 Å². The Morgan fingerprint density at radius 2 is 1.67 bits per heavy atom. The summed E-state index contributed by atoms with van der Waals surface area (Å²) in [6, 6.07) is 2.74. The molecule has 2 nitrogen and oxygen atoms in total. The molecule has 0 unspecified atom stereocenters. The molecule has 0 aliphatic rings. The fourth-order valence-corrected chi connectivity index (χ4v) is 2.59. The van der Waals surface area contributed by atoms with Crippen LogP contribution in [0.25, 0.3) is 0 Å². The van der Waals surface area contributed by atoms with Crippen LogP contribution in [0.15, 0.2) is 33.6 Å². The molecule has 0 saturated carbocycles. The average molecular weight is 349 g/mol. The van der Waals surface area contributed by atoms with Crippen molar-refractivity contribution in [1.29, 1.82) is 0 Å². The first-order valence-electron chi connectivity index (χ1n) is 5.82. The lowest BCUT2D eigenvalue weighted by atomic mass is 10.1. The lowest BCUT2D eigenvalue weighted by Gasteiger charge is -2.40. The highest BCUT2D eigenvalue weighted by Crippen LogP contribution is 3.02. The van der Waals surface area contributed by atoms with Gasteiger partial charge in [-0.15, -0.1) is 0 Å². The van der Waals surface area contributed by atoms with Crippen molar-refractivity contribution >= 4 is 26.9 Å². The molecule has 9 heteroatoms. The Bertz CT molecular complexity index is 616. The van der Waals surface area contributed by atoms with Crippen LogP contribution in [-0.2, 0) is 11.0 Å². The van der Waals surface area contributed by atoms with Crippen molar-refractivity contribution in [1.82, 2.24) is 0 Å². The molecule has 0 amide bonds. The highest BCUT2D eigenvalue weighted by atomic mass is 32.5. The lowest BCUT2D eigenvalue weighted by molar-refractivity contribution is 0.364. The van der Waals surface area contributed by atoms with Crippen molar-refractivity contribution < 1.29 is 23.6 Å². The molecule has 122 valence electrons. The normalized spacial score (nSPS) is 18.8. The third-order valence-corrected chi connectivity index (χ3v) is 5.07. The number of benzene rings is 1. The molecule has 0 spiro atoms. The van der Waals surface area contributed by atoms with Gasteiger partial charge < -0.3 is 0 Å². The Morgan fingerprint density at radius 3 is 2.10 bits per heavy atom. The lowest BCUT2D eigenvalue weighted by Crippen LogP contribution is -2.20. The molecule has 0 heterocycles. The summed E-state index contributed by atoms with van der Waals surface area (Å²) >= 11 is 0. The van der Waals surface area contributed by atoms with E-state index in [9.17, 15) is 23.6 Å². The van der Waals surface area contributed by atoms with Crippen molar-refractivity contribution in [3.05, 3.63) is 29.8 Å². The number of nitrogens with zero attached hydrogens (tertiary/aromatic N) is 1. The maximum atomic E-state index is 12.7. The van der Waals surface area contributed by atoms with Gasteiger partial charge in [-0.2, -0.15) is 4.40 Å². The minimum Gasteiger partial charge on any atom is -0.234 e. The molecular weight excluding hydrogens is 333 g/mol. The molecule has 1 aromatic rings. The van der Waals surface area contributed by atoms with Gasteiger partial charge in [-0.25, -0.2) is 4.21 Å². The zero-order valence-corrected chi connectivity index (χ0v) is 13.5. The third kappa shape index (κ3) is 5.06. The second kappa shape index (κ2) is 4.52. The highest BCUT2D eigenvalue weighted by Gasteiger charge is 2.65. The Hall–Kier alpha value is -0.960. The van der Waals surface area contributed by atoms with Gasteiger partial charge in [-0.1, -0.05) is 31.6 Å². The topological polar surface area (TPSA) is 29.4 Å². The van der Waals surface area contributed by atoms with Crippen LogP contribution < -0.4 is 0 Å². The van der Waals surface area contributed by atoms with E-state index in [4.69, 9.17) is 0 Å². The van der Waals surface area contributed by atoms with Crippen LogP contribution in [0.4, 0.5) is 19.4 Å². The van der Waals surface area contributed by atoms with E-state index in [0.29, 0.717) is 12.1 Å². The fraction of sp³-hybridized carbons (Fsp3) is 0.417. The van der Waals surface area contributed by atoms with E-state index in [1.54, 1.807) is 20.8 Å². The molecule has 1 aromatic carbocycles. The average Bonchev–Trinajstić information content (AvgIpc) is 2.24. The Balaban J connectivity index is 3.31. The highest BCUT2D eigenvalue weighted by molar-refractivity contribution is 8.45. The molecule has 0 aromatic heterocycles. The van der Waals surface area contributed by atoms with Gasteiger partial charge in [0.2, 0.25) is 0 Å². The number of rotatable bonds is 3. The first-order chi connectivity index (χ1) is 9.00. The summed E-state index contributed by atoms with van der Waals surface area (Å²) in [7, 11) is -11.4. The van der Waals surface area contributed by atoms with Gasteiger partial charge in [-0.3, -0.25) is 0 Å². The van der Waals surface area contributed by atoms with Crippen molar-refractivity contribution in [3.8, 4) is 0 Å². The van der Waals surface area contributed by atoms with E-state index in [0.717, 1.165) is 6.07 Å². The summed E-state index contributed by atoms with van der Waals surface area (Å²) in [6.45, 7) is 6.26. The Labute approximate surface area is 122 Å². The second-order valence-corrected chi connectivity index (χ2v) is 9.85. The smallest absolute Gasteiger partial charge is 0.234 e. The monoisotopic (exact) mass is 349 g/mol. The van der Waals surface area contributed by atoms with Crippen LogP contribution in [0.3, 0.4) is 0 Å². The van der Waals surface area contributed by atoms with Gasteiger partial charge in [0.15, 0.2) is 0 Å². The van der Waals surface area contributed by atoms with Crippen molar-refractivity contribution in [2.45, 2.75) is 37.3 Å². The number of halogens is 5. The van der Waals surface area contributed by atoms with Gasteiger partial charge in [-0.05, 0) is 45.4 Å². The second-order valence-electron chi connectivity index (χ2n) is 5.54. The molecule has 0 aliphatic carbocycles. The number of hydrogen-bond donors (Lipinski definition) is 0. The van der Waals surface area contributed by atoms with E-state index < -0.39 is 30.9 Å². The summed E-state index contributed by atoms with van der Waals surface area (Å²) in [5, 5.41) is 0. The zero-order chi connectivity index (χ0) is 16.8. The van der Waals surface area contributed by atoms with Crippen LogP contribution in [0.2, 0.25) is 0 Å². The maximum absolute atomic E-state index is 12.7. The minimum absolute atomic E-state index is 0.00644. The van der Waals surface area contributed by atoms with Crippen LogP contribution in [0.5, 0.6) is 0 Å². The van der Waals surface area contributed by atoms with Crippen LogP contribution in [0.1, 0.15) is 33.3 Å². The van der Waals surface area contributed by atoms with E-state index in [1.165, 1.54) is 13.0 Å². The predicted octanol–water partition coefficient (Wildman–Crippen LogP) is 5.62. The summed E-state index contributed by atoms with van der Waals surface area (Å²) in [6.07, 6.45) is 0. The van der Waals surface area contributed by atoms with Gasteiger partial charge >= 0.3 is 10.2 Å². The van der Waals surface area contributed by atoms with Crippen molar-refractivity contribution in [2.75, 3.05) is 0 Å². The summed E-state index contributed by atoms with van der Waals surface area (Å²) in [4.78, 5) is -1.98. The van der Waals surface area contributed by atoms with Gasteiger partial charge in [0.25, 0.3) is 0 Å². The van der Waals surface area contributed by atoms with Crippen molar-refractivity contribution in [3.63, 3.8) is 0 Å². The molecule has 0 N–H and O–H groups in total.